The Balaban J connectivity index is 2.97. The summed E-state index contributed by atoms with van der Waals surface area (Å²) in [5.41, 5.74) is -0.0585. The minimum absolute atomic E-state index is 0.0585. The summed E-state index contributed by atoms with van der Waals surface area (Å²) < 4.78 is 25.2. The molecule has 0 fully saturated rings. The summed E-state index contributed by atoms with van der Waals surface area (Å²) in [6, 6.07) is 4.13. The lowest BCUT2D eigenvalue weighted by atomic mass is 10.2. The van der Waals surface area contributed by atoms with Gasteiger partial charge in [-0.15, -0.1) is 0 Å². The van der Waals surface area contributed by atoms with Crippen LogP contribution >= 0.6 is 0 Å². The van der Waals surface area contributed by atoms with Crippen LogP contribution in [-0.4, -0.2) is 13.3 Å². The standard InChI is InChI=1S/C8H6F2NO/c1-12-11-5-6-4-7(9)2-3-8(6)10/h2-3,5H,1H3/b11-5+. The fourth-order valence-corrected chi connectivity index (χ4v) is 0.665. The van der Waals surface area contributed by atoms with E-state index in [1.165, 1.54) is 7.11 Å². The van der Waals surface area contributed by atoms with Crippen LogP contribution in [0, 0.1) is 17.7 Å². The van der Waals surface area contributed by atoms with Gasteiger partial charge in [-0.05, 0) is 12.1 Å². The molecular weight excluding hydrogens is 164 g/mol. The summed E-state index contributed by atoms with van der Waals surface area (Å²) in [5.74, 6) is -1.22. The van der Waals surface area contributed by atoms with Gasteiger partial charge in [0.15, 0.2) is 0 Å². The molecule has 12 heavy (non-hydrogen) atoms. The van der Waals surface area contributed by atoms with Crippen molar-refractivity contribution < 1.29 is 13.6 Å². The summed E-state index contributed by atoms with van der Waals surface area (Å²) >= 11 is 0. The van der Waals surface area contributed by atoms with E-state index in [0.717, 1.165) is 18.3 Å². The molecule has 4 heteroatoms. The molecule has 0 aliphatic carbocycles. The Morgan fingerprint density at radius 1 is 1.50 bits per heavy atom. The predicted molar refractivity (Wildman–Crippen MR) is 39.8 cm³/mol. The highest BCUT2D eigenvalue weighted by molar-refractivity contribution is 5.78. The van der Waals surface area contributed by atoms with Crippen molar-refractivity contribution in [1.29, 1.82) is 0 Å². The van der Waals surface area contributed by atoms with Gasteiger partial charge in [0.05, 0.1) is 6.21 Å². The van der Waals surface area contributed by atoms with Crippen LogP contribution in [0.15, 0.2) is 17.3 Å². The summed E-state index contributed by atoms with van der Waals surface area (Å²) in [6.45, 7) is 0. The van der Waals surface area contributed by atoms with E-state index >= 15 is 0 Å². The van der Waals surface area contributed by atoms with Crippen LogP contribution in [0.2, 0.25) is 0 Å². The molecule has 0 aromatic heterocycles. The van der Waals surface area contributed by atoms with E-state index < -0.39 is 11.6 Å². The average molecular weight is 170 g/mol. The molecule has 0 aliphatic rings. The predicted octanol–water partition coefficient (Wildman–Crippen LogP) is 1.75. The number of rotatable bonds is 2. The highest BCUT2D eigenvalue weighted by Gasteiger charge is 2.00. The van der Waals surface area contributed by atoms with Crippen molar-refractivity contribution in [3.63, 3.8) is 0 Å². The molecule has 0 heterocycles. The molecule has 0 atom stereocenters. The minimum atomic E-state index is -0.631. The SMILES string of the molecule is CO/N=C/c1[c]c(F)ccc1F. The van der Waals surface area contributed by atoms with Crippen LogP contribution in [0.1, 0.15) is 5.56 Å². The first-order chi connectivity index (χ1) is 5.74. The molecule has 1 aromatic rings. The second kappa shape index (κ2) is 3.80. The molecule has 0 saturated carbocycles. The first-order valence-corrected chi connectivity index (χ1v) is 3.18. The molecule has 0 aliphatic heterocycles. The van der Waals surface area contributed by atoms with Gasteiger partial charge in [-0.25, -0.2) is 8.78 Å². The lowest BCUT2D eigenvalue weighted by molar-refractivity contribution is 0.215. The number of hydrogen-bond acceptors (Lipinski definition) is 2. The van der Waals surface area contributed by atoms with E-state index in [2.05, 4.69) is 16.1 Å². The second-order valence-corrected chi connectivity index (χ2v) is 1.98. The molecule has 63 valence electrons. The van der Waals surface area contributed by atoms with Gasteiger partial charge in [-0.1, -0.05) is 5.16 Å². The first-order valence-electron chi connectivity index (χ1n) is 3.18. The Bertz CT molecular complexity index is 299. The third kappa shape index (κ3) is 2.02. The quantitative estimate of drug-likeness (QED) is 0.489. The number of oxime groups is 1. The minimum Gasteiger partial charge on any atom is -0.399 e. The monoisotopic (exact) mass is 170 g/mol. The Kier molecular flexibility index (Phi) is 2.74. The molecule has 1 rings (SSSR count). The number of hydrogen-bond donors (Lipinski definition) is 0. The lowest BCUT2D eigenvalue weighted by Crippen LogP contribution is -1.90. The van der Waals surface area contributed by atoms with Crippen molar-refractivity contribution in [2.75, 3.05) is 7.11 Å². The molecule has 0 bridgehead atoms. The number of benzene rings is 1. The zero-order chi connectivity index (χ0) is 8.97. The molecule has 1 aromatic carbocycles. The van der Waals surface area contributed by atoms with Gasteiger partial charge in [0.25, 0.3) is 0 Å². The van der Waals surface area contributed by atoms with Gasteiger partial charge in [0, 0.05) is 11.6 Å². The Morgan fingerprint density at radius 3 is 2.92 bits per heavy atom. The van der Waals surface area contributed by atoms with E-state index in [-0.39, 0.29) is 5.56 Å². The maximum absolute atomic E-state index is 12.7. The largest absolute Gasteiger partial charge is 0.399 e. The number of nitrogens with zero attached hydrogens (tertiary/aromatic N) is 1. The van der Waals surface area contributed by atoms with Crippen molar-refractivity contribution in [2.45, 2.75) is 0 Å². The van der Waals surface area contributed by atoms with Crippen LogP contribution in [-0.2, 0) is 4.84 Å². The van der Waals surface area contributed by atoms with Crippen LogP contribution in [0.4, 0.5) is 8.78 Å². The zero-order valence-electron chi connectivity index (χ0n) is 6.34. The van der Waals surface area contributed by atoms with E-state index in [9.17, 15) is 8.78 Å². The molecule has 0 saturated heterocycles. The van der Waals surface area contributed by atoms with Crippen molar-refractivity contribution in [2.24, 2.45) is 5.16 Å². The average Bonchev–Trinajstić information content (AvgIpc) is 2.07. The van der Waals surface area contributed by atoms with Crippen molar-refractivity contribution in [3.05, 3.63) is 35.4 Å². The Hall–Kier alpha value is -1.45. The van der Waals surface area contributed by atoms with Crippen LogP contribution < -0.4 is 0 Å². The smallest absolute Gasteiger partial charge is 0.132 e. The maximum atomic E-state index is 12.7. The molecule has 0 spiro atoms. The number of halogens is 2. The summed E-state index contributed by atoms with van der Waals surface area (Å²) in [7, 11) is 1.31. The van der Waals surface area contributed by atoms with Crippen LogP contribution in [0.25, 0.3) is 0 Å². The van der Waals surface area contributed by atoms with E-state index in [1.807, 2.05) is 0 Å². The first kappa shape index (κ1) is 8.64. The Morgan fingerprint density at radius 2 is 2.25 bits per heavy atom. The molecule has 2 nitrogen and oxygen atoms in total. The maximum Gasteiger partial charge on any atom is 0.132 e. The van der Waals surface area contributed by atoms with Crippen molar-refractivity contribution in [1.82, 2.24) is 0 Å². The van der Waals surface area contributed by atoms with Gasteiger partial charge in [-0.2, -0.15) is 0 Å². The fraction of sp³-hybridized carbons (Fsp3) is 0.125. The molecule has 1 radical (unpaired) electrons. The fourth-order valence-electron chi connectivity index (χ4n) is 0.665. The third-order valence-electron chi connectivity index (χ3n) is 1.17. The Labute approximate surface area is 68.5 Å². The van der Waals surface area contributed by atoms with Gasteiger partial charge in [-0.3, -0.25) is 0 Å². The van der Waals surface area contributed by atoms with Gasteiger partial charge >= 0.3 is 0 Å². The van der Waals surface area contributed by atoms with Crippen molar-refractivity contribution in [3.8, 4) is 0 Å². The summed E-state index contributed by atoms with van der Waals surface area (Å²) in [6.07, 6.45) is 1.05. The van der Waals surface area contributed by atoms with Crippen LogP contribution in [0.3, 0.4) is 0 Å². The van der Waals surface area contributed by atoms with E-state index in [0.29, 0.717) is 0 Å². The summed E-state index contributed by atoms with van der Waals surface area (Å²) in [5, 5.41) is 3.28. The van der Waals surface area contributed by atoms with E-state index in [1.54, 1.807) is 0 Å². The van der Waals surface area contributed by atoms with E-state index in [4.69, 9.17) is 0 Å². The highest BCUT2D eigenvalue weighted by atomic mass is 19.1. The lowest BCUT2D eigenvalue weighted by Gasteiger charge is -1.94. The highest BCUT2D eigenvalue weighted by Crippen LogP contribution is 2.05. The second-order valence-electron chi connectivity index (χ2n) is 1.98. The van der Waals surface area contributed by atoms with Crippen LogP contribution in [0.5, 0.6) is 0 Å². The van der Waals surface area contributed by atoms with Gasteiger partial charge < -0.3 is 4.84 Å². The third-order valence-corrected chi connectivity index (χ3v) is 1.17. The van der Waals surface area contributed by atoms with Gasteiger partial charge in [0.1, 0.15) is 18.7 Å². The topological polar surface area (TPSA) is 21.6 Å². The zero-order valence-corrected chi connectivity index (χ0v) is 6.34. The van der Waals surface area contributed by atoms with Gasteiger partial charge in [0.2, 0.25) is 0 Å². The summed E-state index contributed by atoms with van der Waals surface area (Å²) in [4.78, 5) is 4.30. The molecule has 0 N–H and O–H groups in total. The van der Waals surface area contributed by atoms with Crippen molar-refractivity contribution >= 4 is 6.21 Å². The molecular formula is C8H6F2NO. The molecule has 0 unspecified atom stereocenters. The molecule has 0 amide bonds. The normalized spacial score (nSPS) is 10.6.